The number of hydrogen-bond acceptors (Lipinski definition) is 0. The minimum Gasteiger partial charge on any atom is -1.00 e. The van der Waals surface area contributed by atoms with E-state index >= 15 is 0 Å². The molecule has 0 saturated heterocycles. The molecule has 0 aliphatic rings. The monoisotopic (exact) mass is 214 g/mol. The molecule has 80 valence electrons. The Balaban J connectivity index is 0. The van der Waals surface area contributed by atoms with Gasteiger partial charge in [-0.2, -0.15) is 0 Å². The van der Waals surface area contributed by atoms with Gasteiger partial charge in [0.2, 0.25) is 0 Å². The van der Waals surface area contributed by atoms with E-state index in [-0.39, 0.29) is 4.70 Å². The molecular weight excluding hydrogens is 194 g/mol. The van der Waals surface area contributed by atoms with E-state index in [0.717, 1.165) is 24.6 Å². The zero-order valence-electron chi connectivity index (χ0n) is 8.79. The molecule has 0 bridgehead atoms. The molecule has 0 aliphatic carbocycles. The van der Waals surface area contributed by atoms with Crippen LogP contribution in [0, 0.1) is 0 Å². The van der Waals surface area contributed by atoms with Gasteiger partial charge in [-0.05, 0) is 0 Å². The van der Waals surface area contributed by atoms with Crippen LogP contribution in [-0.2, 0) is 0 Å². The molecule has 0 fully saturated rings. The molecule has 0 aromatic rings. The fourth-order valence-corrected chi connectivity index (χ4v) is 4.63. The topological polar surface area (TPSA) is 0 Å². The molecule has 0 atom stereocenters. The third-order valence-corrected chi connectivity index (χ3v) is 6.20. The summed E-state index contributed by atoms with van der Waals surface area (Å²) in [5.74, 6) is 0. The van der Waals surface area contributed by atoms with E-state index in [4.69, 9.17) is 0 Å². The van der Waals surface area contributed by atoms with Gasteiger partial charge < -0.3 is 4.70 Å². The van der Waals surface area contributed by atoms with E-state index in [9.17, 15) is 0 Å². The van der Waals surface area contributed by atoms with Crippen molar-refractivity contribution in [3.05, 3.63) is 50.6 Å². The van der Waals surface area contributed by atoms with Gasteiger partial charge >= 0.3 is 0 Å². The standard InChI is InChI=1S/C12H20P.FH/c1-5-9-13(10-6-2,11-7-3)12-8-4;/h5-8H,1-4,9-12H2;1H/q+1;/p-1. The van der Waals surface area contributed by atoms with Crippen LogP contribution in [0.15, 0.2) is 50.6 Å². The quantitative estimate of drug-likeness (QED) is 0.413. The van der Waals surface area contributed by atoms with Crippen LogP contribution in [-0.4, -0.2) is 24.6 Å². The normalized spacial score (nSPS) is 9.71. The molecule has 0 unspecified atom stereocenters. The summed E-state index contributed by atoms with van der Waals surface area (Å²) in [6.45, 7) is 15.3. The molecule has 14 heavy (non-hydrogen) atoms. The first kappa shape index (κ1) is 15.8. The van der Waals surface area contributed by atoms with Gasteiger partial charge in [-0.3, -0.25) is 0 Å². The molecule has 0 aromatic carbocycles. The Kier molecular flexibility index (Phi) is 10.0. The van der Waals surface area contributed by atoms with Crippen molar-refractivity contribution < 1.29 is 4.70 Å². The zero-order chi connectivity index (χ0) is 10.2. The highest BCUT2D eigenvalue weighted by atomic mass is 31.2. The number of hydrogen-bond donors (Lipinski definition) is 0. The maximum absolute atomic E-state index is 3.82. The molecule has 0 N–H and O–H groups in total. The summed E-state index contributed by atoms with van der Waals surface area (Å²) in [5, 5.41) is 0. The minimum atomic E-state index is -0.968. The van der Waals surface area contributed by atoms with Gasteiger partial charge in [0, 0.05) is 7.26 Å². The van der Waals surface area contributed by atoms with Crippen molar-refractivity contribution >= 4 is 7.26 Å². The predicted octanol–water partition coefficient (Wildman–Crippen LogP) is 0.752. The Hall–Kier alpha value is -0.680. The van der Waals surface area contributed by atoms with Crippen LogP contribution in [0.2, 0.25) is 0 Å². The van der Waals surface area contributed by atoms with E-state index in [1.165, 1.54) is 0 Å². The van der Waals surface area contributed by atoms with Crippen LogP contribution in [0.5, 0.6) is 0 Å². The zero-order valence-corrected chi connectivity index (χ0v) is 9.69. The highest BCUT2D eigenvalue weighted by Gasteiger charge is 2.31. The second kappa shape index (κ2) is 8.90. The maximum atomic E-state index is 3.82. The molecule has 0 rings (SSSR count). The molecule has 0 spiro atoms. The fourth-order valence-electron chi connectivity index (χ4n) is 1.54. The lowest BCUT2D eigenvalue weighted by Crippen LogP contribution is -3.00. The van der Waals surface area contributed by atoms with Crippen molar-refractivity contribution in [3.63, 3.8) is 0 Å². The second-order valence-electron chi connectivity index (χ2n) is 3.23. The van der Waals surface area contributed by atoms with Gasteiger partial charge in [0.1, 0.15) is 0 Å². The molecule has 0 aromatic heterocycles. The Morgan fingerprint density at radius 1 is 0.643 bits per heavy atom. The van der Waals surface area contributed by atoms with Crippen molar-refractivity contribution in [3.8, 4) is 0 Å². The first-order chi connectivity index (χ1) is 6.24. The van der Waals surface area contributed by atoms with Crippen LogP contribution in [0.4, 0.5) is 0 Å². The molecule has 0 radical (unpaired) electrons. The van der Waals surface area contributed by atoms with E-state index in [1.807, 2.05) is 24.3 Å². The molecular formula is C12H20FP. The summed E-state index contributed by atoms with van der Waals surface area (Å²) in [4.78, 5) is 0. The smallest absolute Gasteiger partial charge is 0.0780 e. The molecule has 0 aliphatic heterocycles. The minimum absolute atomic E-state index is 0. The molecule has 0 nitrogen and oxygen atoms in total. The maximum Gasteiger partial charge on any atom is 0.0780 e. The van der Waals surface area contributed by atoms with E-state index in [1.54, 1.807) is 0 Å². The summed E-state index contributed by atoms with van der Waals surface area (Å²) >= 11 is 0. The number of rotatable bonds is 8. The summed E-state index contributed by atoms with van der Waals surface area (Å²) in [6, 6.07) is 0. The van der Waals surface area contributed by atoms with Crippen molar-refractivity contribution in [2.24, 2.45) is 0 Å². The average molecular weight is 214 g/mol. The second-order valence-corrected chi connectivity index (χ2v) is 7.37. The largest absolute Gasteiger partial charge is 1.00 e. The molecule has 0 amide bonds. The molecule has 0 saturated carbocycles. The van der Waals surface area contributed by atoms with Gasteiger partial charge in [0.05, 0.1) is 24.6 Å². The summed E-state index contributed by atoms with van der Waals surface area (Å²) < 4.78 is 0. The first-order valence-corrected chi connectivity index (χ1v) is 7.06. The van der Waals surface area contributed by atoms with Crippen molar-refractivity contribution in [2.75, 3.05) is 24.6 Å². The lowest BCUT2D eigenvalue weighted by Gasteiger charge is -2.22. The Morgan fingerprint density at radius 2 is 0.857 bits per heavy atom. The molecule has 2 heteroatoms. The van der Waals surface area contributed by atoms with Crippen LogP contribution < -0.4 is 4.70 Å². The highest BCUT2D eigenvalue weighted by molar-refractivity contribution is 7.76. The SMILES string of the molecule is C=CC[P+](CC=C)(CC=C)CC=C.[F-]. The summed E-state index contributed by atoms with van der Waals surface area (Å²) in [5.41, 5.74) is 0. The Labute approximate surface area is 87.8 Å². The summed E-state index contributed by atoms with van der Waals surface area (Å²) in [7, 11) is -0.968. The number of allylic oxidation sites excluding steroid dienone is 4. The van der Waals surface area contributed by atoms with Gasteiger partial charge in [-0.25, -0.2) is 0 Å². The Bertz CT molecular complexity index is 151. The highest BCUT2D eigenvalue weighted by Crippen LogP contribution is 2.58. The lowest BCUT2D eigenvalue weighted by molar-refractivity contribution is -0.00000285. The Morgan fingerprint density at radius 3 is 1.00 bits per heavy atom. The van der Waals surface area contributed by atoms with Crippen molar-refractivity contribution in [1.29, 1.82) is 0 Å². The van der Waals surface area contributed by atoms with Gasteiger partial charge in [0.25, 0.3) is 0 Å². The van der Waals surface area contributed by atoms with Crippen molar-refractivity contribution in [2.45, 2.75) is 0 Å². The third kappa shape index (κ3) is 5.14. The van der Waals surface area contributed by atoms with E-state index in [0.29, 0.717) is 0 Å². The van der Waals surface area contributed by atoms with Gasteiger partial charge in [0.15, 0.2) is 0 Å². The fraction of sp³-hybridized carbons (Fsp3) is 0.333. The third-order valence-electron chi connectivity index (χ3n) is 2.07. The molecule has 0 heterocycles. The van der Waals surface area contributed by atoms with Crippen LogP contribution >= 0.6 is 7.26 Å². The first-order valence-electron chi connectivity index (χ1n) is 4.53. The van der Waals surface area contributed by atoms with Gasteiger partial charge in [-0.1, -0.05) is 50.6 Å². The average Bonchev–Trinajstić information content (AvgIpc) is 2.06. The van der Waals surface area contributed by atoms with E-state index in [2.05, 4.69) is 26.3 Å². The van der Waals surface area contributed by atoms with Gasteiger partial charge in [-0.15, -0.1) is 0 Å². The summed E-state index contributed by atoms with van der Waals surface area (Å²) in [6.07, 6.45) is 12.5. The van der Waals surface area contributed by atoms with E-state index < -0.39 is 7.26 Å². The van der Waals surface area contributed by atoms with Crippen LogP contribution in [0.3, 0.4) is 0 Å². The van der Waals surface area contributed by atoms with Crippen molar-refractivity contribution in [1.82, 2.24) is 0 Å². The lowest BCUT2D eigenvalue weighted by atomic mass is 10.7. The van der Waals surface area contributed by atoms with Crippen LogP contribution in [0.25, 0.3) is 0 Å². The van der Waals surface area contributed by atoms with Crippen LogP contribution in [0.1, 0.15) is 0 Å². The number of halogens is 1. The predicted molar refractivity (Wildman–Crippen MR) is 67.2 cm³/mol.